The van der Waals surface area contributed by atoms with Crippen molar-refractivity contribution < 1.29 is 4.79 Å². The van der Waals surface area contributed by atoms with Gasteiger partial charge in [0.2, 0.25) is 0 Å². The summed E-state index contributed by atoms with van der Waals surface area (Å²) in [4.78, 5) is 23.7. The maximum atomic E-state index is 13.6. The van der Waals surface area contributed by atoms with Crippen molar-refractivity contribution in [2.24, 2.45) is 0 Å². The zero-order chi connectivity index (χ0) is 19.8. The molecule has 1 saturated heterocycles. The number of amides is 1. The smallest absolute Gasteiger partial charge is 0.266 e. The predicted molar refractivity (Wildman–Crippen MR) is 116 cm³/mol. The fourth-order valence-electron chi connectivity index (χ4n) is 4.26. The molecule has 1 amide bonds. The van der Waals surface area contributed by atoms with Gasteiger partial charge in [0.15, 0.2) is 5.13 Å². The van der Waals surface area contributed by atoms with E-state index in [1.807, 2.05) is 42.1 Å². The molecule has 6 heteroatoms. The van der Waals surface area contributed by atoms with Gasteiger partial charge in [-0.2, -0.15) is 0 Å². The Bertz CT molecular complexity index is 978. The second kappa shape index (κ2) is 7.76. The number of aryl methyl sites for hydroxylation is 1. The molecule has 1 aliphatic heterocycles. The topological polar surface area (TPSA) is 41.4 Å². The molecule has 5 nitrogen and oxygen atoms in total. The highest BCUT2D eigenvalue weighted by molar-refractivity contribution is 7.16. The number of aromatic nitrogens is 2. The highest BCUT2D eigenvalue weighted by atomic mass is 32.1. The largest absolute Gasteiger partial charge is 0.332 e. The Balaban J connectivity index is 1.40. The van der Waals surface area contributed by atoms with E-state index in [2.05, 4.69) is 39.0 Å². The summed E-state index contributed by atoms with van der Waals surface area (Å²) in [6.07, 6.45) is 7.46. The van der Waals surface area contributed by atoms with Crippen LogP contribution < -0.4 is 0 Å². The third-order valence-electron chi connectivity index (χ3n) is 5.96. The minimum Gasteiger partial charge on any atom is -0.332 e. The monoisotopic (exact) mass is 406 g/mol. The predicted octanol–water partition coefficient (Wildman–Crippen LogP) is 3.77. The van der Waals surface area contributed by atoms with Crippen LogP contribution in [0, 0.1) is 6.92 Å². The summed E-state index contributed by atoms with van der Waals surface area (Å²) in [5.74, 6) is 0.134. The molecule has 2 aliphatic rings. The van der Waals surface area contributed by atoms with Gasteiger partial charge in [-0.05, 0) is 43.9 Å². The van der Waals surface area contributed by atoms with E-state index in [9.17, 15) is 4.79 Å². The second-order valence-electron chi connectivity index (χ2n) is 8.07. The number of piperazine rings is 1. The van der Waals surface area contributed by atoms with Crippen LogP contribution in [0.4, 0.5) is 0 Å². The molecule has 1 aromatic carbocycles. The average molecular weight is 407 g/mol. The molecule has 1 atom stereocenters. The van der Waals surface area contributed by atoms with Gasteiger partial charge in [0.25, 0.3) is 5.91 Å². The molecule has 1 aliphatic carbocycles. The first-order valence-electron chi connectivity index (χ1n) is 10.4. The molecule has 3 aromatic rings. The molecular weight excluding hydrogens is 380 g/mol. The highest BCUT2D eigenvalue weighted by Gasteiger charge is 2.38. The first kappa shape index (κ1) is 18.6. The van der Waals surface area contributed by atoms with Gasteiger partial charge in [0.1, 0.15) is 4.88 Å². The molecule has 29 heavy (non-hydrogen) atoms. The van der Waals surface area contributed by atoms with E-state index in [-0.39, 0.29) is 11.9 Å². The van der Waals surface area contributed by atoms with Crippen molar-refractivity contribution in [2.45, 2.75) is 38.3 Å². The molecule has 0 N–H and O–H groups in total. The lowest BCUT2D eigenvalue weighted by Crippen LogP contribution is -2.56. The molecule has 1 unspecified atom stereocenters. The Morgan fingerprint density at radius 3 is 2.59 bits per heavy atom. The number of rotatable bonds is 5. The SMILES string of the molecule is Cc1nc(-n2cccc2)sc1C(=O)N1CCN(C2CC2)CC1Cc1ccccc1. The van der Waals surface area contributed by atoms with Crippen LogP contribution in [0.2, 0.25) is 0 Å². The van der Waals surface area contributed by atoms with E-state index in [1.165, 1.54) is 29.7 Å². The first-order chi connectivity index (χ1) is 14.2. The third-order valence-corrected chi connectivity index (χ3v) is 7.12. The Morgan fingerprint density at radius 2 is 1.86 bits per heavy atom. The third kappa shape index (κ3) is 3.87. The molecule has 1 saturated carbocycles. The maximum Gasteiger partial charge on any atom is 0.266 e. The van der Waals surface area contributed by atoms with Crippen LogP contribution >= 0.6 is 11.3 Å². The summed E-state index contributed by atoms with van der Waals surface area (Å²) in [7, 11) is 0. The Morgan fingerprint density at radius 1 is 1.10 bits per heavy atom. The van der Waals surface area contributed by atoms with Gasteiger partial charge in [0.05, 0.1) is 5.69 Å². The molecule has 0 radical (unpaired) electrons. The minimum absolute atomic E-state index is 0.134. The number of hydrogen-bond acceptors (Lipinski definition) is 4. The van der Waals surface area contributed by atoms with Gasteiger partial charge in [-0.15, -0.1) is 0 Å². The molecule has 2 fully saturated rings. The lowest BCUT2D eigenvalue weighted by Gasteiger charge is -2.41. The van der Waals surface area contributed by atoms with Crippen LogP contribution in [-0.2, 0) is 6.42 Å². The van der Waals surface area contributed by atoms with Crippen LogP contribution in [0.1, 0.15) is 33.8 Å². The van der Waals surface area contributed by atoms with Gasteiger partial charge in [0, 0.05) is 44.1 Å². The van der Waals surface area contributed by atoms with Gasteiger partial charge >= 0.3 is 0 Å². The standard InChI is InChI=1S/C23H26N4OS/c1-17-21(29-23(24-17)25-11-5-6-12-25)22(28)27-14-13-26(19-9-10-19)16-20(27)15-18-7-3-2-4-8-18/h2-8,11-12,19-20H,9-10,13-16H2,1H3. The number of carbonyl (C=O) groups is 1. The molecule has 150 valence electrons. The Hall–Kier alpha value is -2.44. The van der Waals surface area contributed by atoms with Crippen molar-refractivity contribution >= 4 is 17.2 Å². The van der Waals surface area contributed by atoms with Crippen molar-refractivity contribution in [3.8, 4) is 5.13 Å². The van der Waals surface area contributed by atoms with E-state index >= 15 is 0 Å². The van der Waals surface area contributed by atoms with Crippen molar-refractivity contribution in [3.05, 3.63) is 71.0 Å². The fourth-order valence-corrected chi connectivity index (χ4v) is 5.25. The molecule has 3 heterocycles. The van der Waals surface area contributed by atoms with Crippen molar-refractivity contribution in [2.75, 3.05) is 19.6 Å². The normalized spacial score (nSPS) is 20.2. The maximum absolute atomic E-state index is 13.6. The molecule has 2 aromatic heterocycles. The zero-order valence-electron chi connectivity index (χ0n) is 16.7. The molecule has 0 bridgehead atoms. The summed E-state index contributed by atoms with van der Waals surface area (Å²) >= 11 is 1.49. The molecular formula is C23H26N4OS. The van der Waals surface area contributed by atoms with Gasteiger partial charge in [-0.1, -0.05) is 41.7 Å². The molecule has 0 spiro atoms. The second-order valence-corrected chi connectivity index (χ2v) is 9.05. The lowest BCUT2D eigenvalue weighted by molar-refractivity contribution is 0.0441. The van der Waals surface area contributed by atoms with E-state index < -0.39 is 0 Å². The van der Waals surface area contributed by atoms with Crippen molar-refractivity contribution in [1.29, 1.82) is 0 Å². The number of thiazole rings is 1. The fraction of sp³-hybridized carbons (Fsp3) is 0.391. The van der Waals surface area contributed by atoms with E-state index in [1.54, 1.807) is 0 Å². The van der Waals surface area contributed by atoms with Gasteiger partial charge in [-0.3, -0.25) is 9.69 Å². The summed E-state index contributed by atoms with van der Waals surface area (Å²) in [5.41, 5.74) is 2.12. The van der Waals surface area contributed by atoms with Gasteiger partial charge < -0.3 is 9.47 Å². The van der Waals surface area contributed by atoms with Crippen LogP contribution in [0.25, 0.3) is 5.13 Å². The Labute approximate surface area is 175 Å². The summed E-state index contributed by atoms with van der Waals surface area (Å²) in [5, 5.41) is 0.854. The van der Waals surface area contributed by atoms with E-state index in [0.717, 1.165) is 47.8 Å². The quantitative estimate of drug-likeness (QED) is 0.648. The van der Waals surface area contributed by atoms with Crippen LogP contribution in [-0.4, -0.2) is 57.0 Å². The minimum atomic E-state index is 0.134. The summed E-state index contributed by atoms with van der Waals surface area (Å²) in [6.45, 7) is 4.68. The number of nitrogens with zero attached hydrogens (tertiary/aromatic N) is 4. The van der Waals surface area contributed by atoms with Crippen LogP contribution in [0.3, 0.4) is 0 Å². The average Bonchev–Trinajstić information content (AvgIpc) is 3.30. The van der Waals surface area contributed by atoms with Crippen molar-refractivity contribution in [3.63, 3.8) is 0 Å². The zero-order valence-corrected chi connectivity index (χ0v) is 17.5. The lowest BCUT2D eigenvalue weighted by atomic mass is 10.0. The van der Waals surface area contributed by atoms with E-state index in [0.29, 0.717) is 0 Å². The number of benzene rings is 1. The van der Waals surface area contributed by atoms with Gasteiger partial charge in [-0.25, -0.2) is 4.98 Å². The first-order valence-corrected chi connectivity index (χ1v) is 11.2. The number of carbonyl (C=O) groups excluding carboxylic acids is 1. The van der Waals surface area contributed by atoms with Crippen LogP contribution in [0.5, 0.6) is 0 Å². The Kier molecular flexibility index (Phi) is 4.97. The highest BCUT2D eigenvalue weighted by Crippen LogP contribution is 2.31. The summed E-state index contributed by atoms with van der Waals surface area (Å²) < 4.78 is 1.97. The molecule has 5 rings (SSSR count). The summed E-state index contributed by atoms with van der Waals surface area (Å²) in [6, 6.07) is 15.4. The van der Waals surface area contributed by atoms with Crippen molar-refractivity contribution in [1.82, 2.24) is 19.4 Å². The number of hydrogen-bond donors (Lipinski definition) is 0. The van der Waals surface area contributed by atoms with Crippen LogP contribution in [0.15, 0.2) is 54.9 Å². The van der Waals surface area contributed by atoms with E-state index in [4.69, 9.17) is 0 Å².